The van der Waals surface area contributed by atoms with Crippen LogP contribution in [0.4, 0.5) is 5.69 Å². The van der Waals surface area contributed by atoms with Gasteiger partial charge in [-0.15, -0.1) is 11.3 Å². The SMILES string of the molecule is CN(CCc1cccs1)C(=O)c1n[nH]c2ccc(N)cc12. The number of H-pyrrole nitrogens is 1. The second-order valence-electron chi connectivity index (χ2n) is 4.93. The Hall–Kier alpha value is -2.34. The van der Waals surface area contributed by atoms with Crippen LogP contribution in [-0.4, -0.2) is 34.6 Å². The lowest BCUT2D eigenvalue weighted by atomic mass is 10.1. The third kappa shape index (κ3) is 2.75. The minimum absolute atomic E-state index is 0.0941. The number of nitrogens with zero attached hydrogens (tertiary/aromatic N) is 2. The number of nitrogen functional groups attached to an aromatic ring is 1. The molecule has 2 heterocycles. The van der Waals surface area contributed by atoms with Crippen molar-refractivity contribution in [3.63, 3.8) is 0 Å². The van der Waals surface area contributed by atoms with E-state index >= 15 is 0 Å². The molecule has 21 heavy (non-hydrogen) atoms. The Balaban J connectivity index is 1.78. The predicted octanol–water partition coefficient (Wildman–Crippen LogP) is 2.52. The molecule has 0 saturated carbocycles. The molecule has 0 aliphatic carbocycles. The van der Waals surface area contributed by atoms with Gasteiger partial charge in [0.1, 0.15) is 0 Å². The Labute approximate surface area is 126 Å². The van der Waals surface area contributed by atoms with Gasteiger partial charge in [0.15, 0.2) is 5.69 Å². The summed E-state index contributed by atoms with van der Waals surface area (Å²) in [5, 5.41) is 9.81. The van der Waals surface area contributed by atoms with Crippen LogP contribution in [0.5, 0.6) is 0 Å². The molecule has 0 aliphatic heterocycles. The first-order valence-corrected chi connectivity index (χ1v) is 7.54. The smallest absolute Gasteiger partial charge is 0.274 e. The van der Waals surface area contributed by atoms with E-state index in [1.54, 1.807) is 35.4 Å². The van der Waals surface area contributed by atoms with Gasteiger partial charge in [-0.25, -0.2) is 0 Å². The third-order valence-electron chi connectivity index (χ3n) is 3.41. The van der Waals surface area contributed by atoms with Crippen LogP contribution < -0.4 is 5.73 Å². The van der Waals surface area contributed by atoms with Crippen LogP contribution in [0.2, 0.25) is 0 Å². The van der Waals surface area contributed by atoms with Crippen LogP contribution in [0, 0.1) is 0 Å². The van der Waals surface area contributed by atoms with Gasteiger partial charge < -0.3 is 10.6 Å². The molecule has 3 N–H and O–H groups in total. The second-order valence-corrected chi connectivity index (χ2v) is 5.97. The molecular formula is C15H16N4OS. The summed E-state index contributed by atoms with van der Waals surface area (Å²) in [5.41, 5.74) is 7.65. The van der Waals surface area contributed by atoms with Gasteiger partial charge in [-0.2, -0.15) is 5.10 Å². The molecule has 6 heteroatoms. The Morgan fingerprint density at radius 2 is 2.29 bits per heavy atom. The zero-order chi connectivity index (χ0) is 14.8. The van der Waals surface area contributed by atoms with Crippen LogP contribution in [-0.2, 0) is 6.42 Å². The summed E-state index contributed by atoms with van der Waals surface area (Å²) in [7, 11) is 1.79. The van der Waals surface area contributed by atoms with Gasteiger partial charge >= 0.3 is 0 Å². The monoisotopic (exact) mass is 300 g/mol. The first kappa shape index (κ1) is 13.6. The van der Waals surface area contributed by atoms with E-state index in [2.05, 4.69) is 16.3 Å². The molecule has 0 radical (unpaired) electrons. The highest BCUT2D eigenvalue weighted by Gasteiger charge is 2.18. The lowest BCUT2D eigenvalue weighted by Gasteiger charge is -2.15. The highest BCUT2D eigenvalue weighted by Crippen LogP contribution is 2.20. The maximum atomic E-state index is 12.5. The Bertz CT molecular complexity index is 763. The third-order valence-corrected chi connectivity index (χ3v) is 4.35. The molecular weight excluding hydrogens is 284 g/mol. The number of carbonyl (C=O) groups is 1. The minimum atomic E-state index is -0.0941. The van der Waals surface area contributed by atoms with Gasteiger partial charge in [-0.05, 0) is 36.1 Å². The predicted molar refractivity (Wildman–Crippen MR) is 85.5 cm³/mol. The number of aromatic amines is 1. The number of benzene rings is 1. The molecule has 3 rings (SSSR count). The molecule has 3 aromatic rings. The van der Waals surface area contributed by atoms with Crippen molar-refractivity contribution in [2.75, 3.05) is 19.3 Å². The van der Waals surface area contributed by atoms with Crippen LogP contribution in [0.25, 0.3) is 10.9 Å². The first-order chi connectivity index (χ1) is 10.1. The quantitative estimate of drug-likeness (QED) is 0.727. The summed E-state index contributed by atoms with van der Waals surface area (Å²) in [4.78, 5) is 15.5. The number of hydrogen-bond acceptors (Lipinski definition) is 4. The van der Waals surface area contributed by atoms with E-state index in [-0.39, 0.29) is 5.91 Å². The van der Waals surface area contributed by atoms with E-state index in [1.165, 1.54) is 4.88 Å². The number of nitrogens with one attached hydrogen (secondary N) is 1. The van der Waals surface area contributed by atoms with Crippen molar-refractivity contribution in [3.05, 3.63) is 46.3 Å². The van der Waals surface area contributed by atoms with E-state index in [0.717, 1.165) is 17.3 Å². The number of amides is 1. The highest BCUT2D eigenvalue weighted by molar-refractivity contribution is 7.09. The van der Waals surface area contributed by atoms with Crippen molar-refractivity contribution in [2.24, 2.45) is 0 Å². The van der Waals surface area contributed by atoms with Crippen molar-refractivity contribution >= 4 is 33.8 Å². The van der Waals surface area contributed by atoms with E-state index in [0.29, 0.717) is 17.9 Å². The number of hydrogen-bond donors (Lipinski definition) is 2. The lowest BCUT2D eigenvalue weighted by Crippen LogP contribution is -2.29. The molecule has 0 spiro atoms. The number of fused-ring (bicyclic) bond motifs is 1. The largest absolute Gasteiger partial charge is 0.399 e. The number of aromatic nitrogens is 2. The summed E-state index contributed by atoms with van der Waals surface area (Å²) in [6, 6.07) is 9.49. The van der Waals surface area contributed by atoms with Gasteiger partial charge in [-0.3, -0.25) is 9.89 Å². The van der Waals surface area contributed by atoms with Gasteiger partial charge in [0.25, 0.3) is 5.91 Å². The van der Waals surface area contributed by atoms with E-state index in [9.17, 15) is 4.79 Å². The number of carbonyl (C=O) groups excluding carboxylic acids is 1. The summed E-state index contributed by atoms with van der Waals surface area (Å²) in [6.07, 6.45) is 0.852. The van der Waals surface area contributed by atoms with Crippen molar-refractivity contribution in [3.8, 4) is 0 Å². The number of likely N-dealkylation sites (N-methyl/N-ethyl adjacent to an activating group) is 1. The van der Waals surface area contributed by atoms with Crippen molar-refractivity contribution in [1.82, 2.24) is 15.1 Å². The summed E-state index contributed by atoms with van der Waals surface area (Å²) >= 11 is 1.70. The molecule has 0 atom stereocenters. The van der Waals surface area contributed by atoms with E-state index in [1.807, 2.05) is 17.5 Å². The average Bonchev–Trinajstić information content (AvgIpc) is 3.12. The normalized spacial score (nSPS) is 10.9. The second kappa shape index (κ2) is 5.57. The van der Waals surface area contributed by atoms with Crippen LogP contribution in [0.1, 0.15) is 15.4 Å². The number of thiophene rings is 1. The summed E-state index contributed by atoms with van der Waals surface area (Å²) < 4.78 is 0. The van der Waals surface area contributed by atoms with E-state index in [4.69, 9.17) is 5.73 Å². The van der Waals surface area contributed by atoms with Gasteiger partial charge in [-0.1, -0.05) is 6.07 Å². The maximum absolute atomic E-state index is 12.5. The number of rotatable bonds is 4. The average molecular weight is 300 g/mol. The standard InChI is InChI=1S/C15H16N4OS/c1-19(7-6-11-3-2-8-21-11)15(20)14-12-9-10(16)4-5-13(12)17-18-14/h2-5,8-9H,6-7,16H2,1H3,(H,17,18). The van der Waals surface area contributed by atoms with Crippen LogP contribution in [0.3, 0.4) is 0 Å². The lowest BCUT2D eigenvalue weighted by molar-refractivity contribution is 0.0793. The molecule has 1 amide bonds. The van der Waals surface area contributed by atoms with Gasteiger partial charge in [0.05, 0.1) is 5.52 Å². The zero-order valence-corrected chi connectivity index (χ0v) is 12.5. The first-order valence-electron chi connectivity index (χ1n) is 6.66. The summed E-state index contributed by atoms with van der Waals surface area (Å²) in [5.74, 6) is -0.0941. The number of anilines is 1. The fraction of sp³-hybridized carbons (Fsp3) is 0.200. The molecule has 108 valence electrons. The molecule has 0 bridgehead atoms. The molecule has 0 unspecified atom stereocenters. The fourth-order valence-corrected chi connectivity index (χ4v) is 2.91. The van der Waals surface area contributed by atoms with Crippen LogP contribution in [0.15, 0.2) is 35.7 Å². The Morgan fingerprint density at radius 3 is 3.05 bits per heavy atom. The molecule has 0 aliphatic rings. The molecule has 1 aromatic carbocycles. The van der Waals surface area contributed by atoms with Crippen molar-refractivity contribution in [1.29, 1.82) is 0 Å². The molecule has 2 aromatic heterocycles. The Kier molecular flexibility index (Phi) is 3.62. The fourth-order valence-electron chi connectivity index (χ4n) is 2.21. The van der Waals surface area contributed by atoms with Crippen molar-refractivity contribution in [2.45, 2.75) is 6.42 Å². The van der Waals surface area contributed by atoms with Crippen LogP contribution >= 0.6 is 11.3 Å². The zero-order valence-electron chi connectivity index (χ0n) is 11.7. The van der Waals surface area contributed by atoms with Crippen molar-refractivity contribution < 1.29 is 4.79 Å². The van der Waals surface area contributed by atoms with Gasteiger partial charge in [0, 0.05) is 29.5 Å². The number of nitrogens with two attached hydrogens (primary N) is 1. The van der Waals surface area contributed by atoms with Gasteiger partial charge in [0.2, 0.25) is 0 Å². The Morgan fingerprint density at radius 1 is 1.43 bits per heavy atom. The summed E-state index contributed by atoms with van der Waals surface area (Å²) in [6.45, 7) is 0.663. The topological polar surface area (TPSA) is 75.0 Å². The highest BCUT2D eigenvalue weighted by atomic mass is 32.1. The molecule has 5 nitrogen and oxygen atoms in total. The van der Waals surface area contributed by atoms with E-state index < -0.39 is 0 Å². The molecule has 0 fully saturated rings. The minimum Gasteiger partial charge on any atom is -0.399 e. The maximum Gasteiger partial charge on any atom is 0.274 e. The molecule has 0 saturated heterocycles.